The molecule has 0 aliphatic heterocycles. The molecular formula is C15H12I3NO4. The number of carbonyl (C=O) groups is 1. The summed E-state index contributed by atoms with van der Waals surface area (Å²) in [7, 11) is 0. The van der Waals surface area contributed by atoms with Gasteiger partial charge >= 0.3 is 5.97 Å². The van der Waals surface area contributed by atoms with Crippen molar-refractivity contribution in [3.8, 4) is 17.2 Å². The molecule has 0 aliphatic rings. The molecule has 5 nitrogen and oxygen atoms in total. The molecule has 0 aromatic heterocycles. The van der Waals surface area contributed by atoms with Gasteiger partial charge in [-0.05, 0) is 81.1 Å². The predicted molar refractivity (Wildman–Crippen MR) is 112 cm³/mol. The average Bonchev–Trinajstić information content (AvgIpc) is 2.52. The number of carboxylic acid groups (broad SMARTS) is 1. The second kappa shape index (κ2) is 8.16. The highest BCUT2D eigenvalue weighted by atomic mass is 127. The molecule has 0 radical (unpaired) electrons. The van der Waals surface area contributed by atoms with Gasteiger partial charge in [0.1, 0.15) is 23.3 Å². The fourth-order valence-electron chi connectivity index (χ4n) is 1.80. The molecule has 0 amide bonds. The highest BCUT2D eigenvalue weighted by Gasteiger charge is 2.26. The first-order valence-corrected chi connectivity index (χ1v) is 9.78. The Bertz CT molecular complexity index is 721. The van der Waals surface area contributed by atoms with Crippen LogP contribution in [-0.2, 0) is 4.79 Å². The predicted octanol–water partition coefficient (Wildman–Crippen LogP) is 4.28. The van der Waals surface area contributed by atoms with Gasteiger partial charge in [-0.15, -0.1) is 0 Å². The van der Waals surface area contributed by atoms with E-state index in [2.05, 4.69) is 45.2 Å². The Hall–Kier alpha value is -0.340. The lowest BCUT2D eigenvalue weighted by molar-refractivity contribution is -0.138. The number of aliphatic carboxylic acids is 1. The van der Waals surface area contributed by atoms with Crippen LogP contribution in [0.3, 0.4) is 0 Å². The third-order valence-corrected chi connectivity index (χ3v) is 7.75. The molecule has 122 valence electrons. The Morgan fingerprint density at radius 3 is 2.26 bits per heavy atom. The first kappa shape index (κ1) is 19.0. The average molecular weight is 651 g/mol. The van der Waals surface area contributed by atoms with Crippen LogP contribution in [0.2, 0.25) is 0 Å². The van der Waals surface area contributed by atoms with Gasteiger partial charge in [-0.1, -0.05) is 28.7 Å². The lowest BCUT2D eigenvalue weighted by atomic mass is 10.1. The molecule has 0 heterocycles. The van der Waals surface area contributed by atoms with Crippen molar-refractivity contribution in [3.05, 3.63) is 49.1 Å². The SMILES string of the molecule is N[C@H](C(=O)O)[C@@H](I)c1ccc(Oc2ccc(O)cc2)c(I)c1I. The van der Waals surface area contributed by atoms with E-state index >= 15 is 0 Å². The minimum absolute atomic E-state index is 0.174. The van der Waals surface area contributed by atoms with Crippen molar-refractivity contribution in [2.75, 3.05) is 0 Å². The molecule has 2 rings (SSSR count). The molecule has 0 fully saturated rings. The Labute approximate surface area is 174 Å². The van der Waals surface area contributed by atoms with Crippen LogP contribution < -0.4 is 10.5 Å². The number of ether oxygens (including phenoxy) is 1. The Morgan fingerprint density at radius 1 is 1.09 bits per heavy atom. The maximum Gasteiger partial charge on any atom is 0.321 e. The van der Waals surface area contributed by atoms with Gasteiger partial charge < -0.3 is 20.7 Å². The monoisotopic (exact) mass is 651 g/mol. The van der Waals surface area contributed by atoms with Crippen LogP contribution in [-0.4, -0.2) is 22.2 Å². The molecule has 23 heavy (non-hydrogen) atoms. The molecular weight excluding hydrogens is 639 g/mol. The number of phenolic OH excluding ortho intramolecular Hbond substituents is 1. The molecule has 0 unspecified atom stereocenters. The summed E-state index contributed by atoms with van der Waals surface area (Å²) in [6, 6.07) is 9.11. The molecule has 2 aromatic carbocycles. The van der Waals surface area contributed by atoms with Crippen LogP contribution in [0.25, 0.3) is 0 Å². The van der Waals surface area contributed by atoms with E-state index in [1.54, 1.807) is 30.3 Å². The largest absolute Gasteiger partial charge is 0.508 e. The number of hydrogen-bond acceptors (Lipinski definition) is 4. The summed E-state index contributed by atoms with van der Waals surface area (Å²) in [6.07, 6.45) is 0. The van der Waals surface area contributed by atoms with Gasteiger partial charge in [0.25, 0.3) is 0 Å². The van der Waals surface area contributed by atoms with Crippen molar-refractivity contribution in [3.63, 3.8) is 0 Å². The number of phenols is 1. The number of carboxylic acids is 1. The number of halogens is 3. The summed E-state index contributed by atoms with van der Waals surface area (Å²) in [4.78, 5) is 11.1. The normalized spacial score (nSPS) is 13.4. The fraction of sp³-hybridized carbons (Fsp3) is 0.133. The number of aromatic hydroxyl groups is 1. The van der Waals surface area contributed by atoms with Crippen molar-refractivity contribution in [2.45, 2.75) is 9.97 Å². The lowest BCUT2D eigenvalue weighted by Crippen LogP contribution is -2.34. The van der Waals surface area contributed by atoms with Gasteiger partial charge in [0.05, 0.1) is 7.49 Å². The second-order valence-corrected chi connectivity index (χ2v) is 8.14. The molecule has 0 bridgehead atoms. The maximum absolute atomic E-state index is 11.1. The number of rotatable bonds is 5. The highest BCUT2D eigenvalue weighted by Crippen LogP contribution is 2.38. The molecule has 4 N–H and O–H groups in total. The zero-order valence-electron chi connectivity index (χ0n) is 11.5. The summed E-state index contributed by atoms with van der Waals surface area (Å²) in [6.45, 7) is 0. The van der Waals surface area contributed by atoms with Crippen LogP contribution in [0.4, 0.5) is 0 Å². The molecule has 8 heteroatoms. The minimum Gasteiger partial charge on any atom is -0.508 e. The molecule has 0 saturated heterocycles. The van der Waals surface area contributed by atoms with Crippen molar-refractivity contribution < 1.29 is 19.7 Å². The molecule has 0 aliphatic carbocycles. The topological polar surface area (TPSA) is 92.8 Å². The third kappa shape index (κ3) is 4.60. The van der Waals surface area contributed by atoms with E-state index in [1.807, 2.05) is 28.7 Å². The van der Waals surface area contributed by atoms with Gasteiger partial charge in [0.15, 0.2) is 0 Å². The van der Waals surface area contributed by atoms with Crippen LogP contribution in [0.15, 0.2) is 36.4 Å². The van der Waals surface area contributed by atoms with E-state index in [0.717, 1.165) is 12.7 Å². The molecule has 2 aromatic rings. The van der Waals surface area contributed by atoms with Crippen LogP contribution in [0, 0.1) is 7.14 Å². The van der Waals surface area contributed by atoms with E-state index in [0.29, 0.717) is 11.5 Å². The fourth-order valence-corrected chi connectivity index (χ4v) is 4.60. The summed E-state index contributed by atoms with van der Waals surface area (Å²) in [5.41, 5.74) is 6.58. The number of nitrogens with two attached hydrogens (primary N) is 1. The van der Waals surface area contributed by atoms with Crippen molar-refractivity contribution in [2.24, 2.45) is 5.73 Å². The Kier molecular flexibility index (Phi) is 6.74. The Morgan fingerprint density at radius 2 is 1.70 bits per heavy atom. The van der Waals surface area contributed by atoms with E-state index in [-0.39, 0.29) is 9.67 Å². The summed E-state index contributed by atoms with van der Waals surface area (Å²) < 4.78 is 7.27. The van der Waals surface area contributed by atoms with E-state index in [9.17, 15) is 9.90 Å². The zero-order valence-corrected chi connectivity index (χ0v) is 18.0. The summed E-state index contributed by atoms with van der Waals surface area (Å²) >= 11 is 6.38. The van der Waals surface area contributed by atoms with Gasteiger partial charge in [0, 0.05) is 3.57 Å². The number of alkyl halides is 1. The number of benzene rings is 2. The molecule has 0 spiro atoms. The second-order valence-electron chi connectivity index (χ2n) is 4.64. The minimum atomic E-state index is -1.03. The highest BCUT2D eigenvalue weighted by molar-refractivity contribution is 14.1. The van der Waals surface area contributed by atoms with Crippen LogP contribution in [0.5, 0.6) is 17.2 Å². The smallest absolute Gasteiger partial charge is 0.321 e. The van der Waals surface area contributed by atoms with Crippen LogP contribution in [0.1, 0.15) is 9.49 Å². The van der Waals surface area contributed by atoms with Crippen LogP contribution >= 0.6 is 67.8 Å². The third-order valence-electron chi connectivity index (χ3n) is 3.04. The first-order chi connectivity index (χ1) is 10.8. The quantitative estimate of drug-likeness (QED) is 0.332. The van der Waals surface area contributed by atoms with Crippen molar-refractivity contribution in [1.29, 1.82) is 0 Å². The first-order valence-electron chi connectivity index (χ1n) is 6.38. The molecule has 2 atom stereocenters. The van der Waals surface area contributed by atoms with Crippen molar-refractivity contribution in [1.82, 2.24) is 0 Å². The van der Waals surface area contributed by atoms with E-state index in [1.165, 1.54) is 0 Å². The number of hydrogen-bond donors (Lipinski definition) is 3. The summed E-state index contributed by atoms with van der Waals surface area (Å²) in [5, 5.41) is 18.4. The zero-order chi connectivity index (χ0) is 17.1. The van der Waals surface area contributed by atoms with E-state index < -0.39 is 12.0 Å². The maximum atomic E-state index is 11.1. The van der Waals surface area contributed by atoms with E-state index in [4.69, 9.17) is 15.6 Å². The van der Waals surface area contributed by atoms with Gasteiger partial charge in [-0.2, -0.15) is 0 Å². The van der Waals surface area contributed by atoms with Gasteiger partial charge in [-0.25, -0.2) is 0 Å². The summed E-state index contributed by atoms with van der Waals surface area (Å²) in [5.74, 6) is 0.418. The Balaban J connectivity index is 2.30. The lowest BCUT2D eigenvalue weighted by Gasteiger charge is -2.18. The molecule has 0 saturated carbocycles. The standard InChI is InChI=1S/C15H12I3NO4/c16-11-9(12(17)14(19)15(21)22)5-6-10(13(11)18)23-8-3-1-7(20)2-4-8/h1-6,12,14,20H,19H2,(H,21,22)/t12-,14-/m0/s1. The van der Waals surface area contributed by atoms with Crippen molar-refractivity contribution >= 4 is 73.7 Å². The van der Waals surface area contributed by atoms with Gasteiger partial charge in [-0.3, -0.25) is 4.79 Å². The van der Waals surface area contributed by atoms with Gasteiger partial charge in [0.2, 0.25) is 0 Å².